The van der Waals surface area contributed by atoms with E-state index in [2.05, 4.69) is 20.3 Å². The molecule has 0 spiro atoms. The molecule has 24 heavy (non-hydrogen) atoms. The Kier molecular flexibility index (Phi) is 3.70. The predicted molar refractivity (Wildman–Crippen MR) is 95.4 cm³/mol. The number of carbonyl (C=O) groups is 1. The highest BCUT2D eigenvalue weighted by molar-refractivity contribution is 6.39. The monoisotopic (exact) mass is 360 g/mol. The topological polar surface area (TPSA) is 70.7 Å². The number of benzene rings is 1. The summed E-state index contributed by atoms with van der Waals surface area (Å²) in [4.78, 5) is 24.2. The third kappa shape index (κ3) is 2.64. The van der Waals surface area contributed by atoms with Gasteiger partial charge in [-0.3, -0.25) is 4.79 Å². The number of rotatable bonds is 3. The van der Waals surface area contributed by atoms with Crippen LogP contribution in [0, 0.1) is 12.8 Å². The summed E-state index contributed by atoms with van der Waals surface area (Å²) in [5.41, 5.74) is 2.98. The van der Waals surface area contributed by atoms with Gasteiger partial charge in [0.1, 0.15) is 11.3 Å². The second-order valence-corrected chi connectivity index (χ2v) is 6.77. The van der Waals surface area contributed by atoms with E-state index in [1.165, 1.54) is 0 Å². The molecule has 1 saturated carbocycles. The molecule has 1 aromatic carbocycles. The lowest BCUT2D eigenvalue weighted by molar-refractivity contribution is -0.117. The number of imidazole rings is 1. The Labute approximate surface area is 148 Å². The number of hydrogen-bond acceptors (Lipinski definition) is 3. The summed E-state index contributed by atoms with van der Waals surface area (Å²) >= 11 is 12.6. The van der Waals surface area contributed by atoms with Gasteiger partial charge in [-0.15, -0.1) is 0 Å². The minimum absolute atomic E-state index is 0.00650. The number of H-pyrrole nitrogens is 1. The van der Waals surface area contributed by atoms with E-state index in [0.29, 0.717) is 32.8 Å². The van der Waals surface area contributed by atoms with Crippen molar-refractivity contribution in [3.05, 3.63) is 40.0 Å². The van der Waals surface area contributed by atoms with E-state index in [4.69, 9.17) is 23.2 Å². The quantitative estimate of drug-likeness (QED) is 0.717. The van der Waals surface area contributed by atoms with E-state index < -0.39 is 0 Å². The maximum atomic E-state index is 12.1. The van der Waals surface area contributed by atoms with Crippen molar-refractivity contribution in [2.45, 2.75) is 19.8 Å². The van der Waals surface area contributed by atoms with Crippen LogP contribution in [0.4, 0.5) is 5.82 Å². The first-order chi connectivity index (χ1) is 11.5. The number of fused-ring (bicyclic) bond motifs is 1. The average molecular weight is 361 g/mol. The van der Waals surface area contributed by atoms with E-state index in [9.17, 15) is 4.79 Å². The minimum atomic E-state index is -0.00650. The second-order valence-electron chi connectivity index (χ2n) is 5.96. The molecule has 0 atom stereocenters. The molecule has 1 aliphatic rings. The van der Waals surface area contributed by atoms with Crippen LogP contribution in [0.3, 0.4) is 0 Å². The van der Waals surface area contributed by atoms with Gasteiger partial charge in [-0.1, -0.05) is 29.3 Å². The molecule has 3 aromatic rings. The Morgan fingerprint density at radius 2 is 2.00 bits per heavy atom. The minimum Gasteiger partial charge on any atom is -0.337 e. The molecule has 1 aliphatic carbocycles. The maximum absolute atomic E-state index is 12.1. The summed E-state index contributed by atoms with van der Waals surface area (Å²) in [5, 5.41) is 3.89. The Balaban J connectivity index is 1.85. The fourth-order valence-electron chi connectivity index (χ4n) is 2.62. The molecule has 4 rings (SSSR count). The lowest BCUT2D eigenvalue weighted by atomic mass is 10.2. The molecular formula is C17H14Cl2N4O. The number of amides is 1. The van der Waals surface area contributed by atoms with E-state index in [0.717, 1.165) is 23.9 Å². The van der Waals surface area contributed by atoms with E-state index >= 15 is 0 Å². The van der Waals surface area contributed by atoms with Crippen LogP contribution in [0.5, 0.6) is 0 Å². The number of aryl methyl sites for hydroxylation is 1. The van der Waals surface area contributed by atoms with E-state index in [1.807, 2.05) is 6.92 Å². The number of halogens is 2. The molecule has 2 aromatic heterocycles. The summed E-state index contributed by atoms with van der Waals surface area (Å²) in [6, 6.07) is 5.30. The van der Waals surface area contributed by atoms with Crippen LogP contribution < -0.4 is 5.32 Å². The summed E-state index contributed by atoms with van der Waals surface area (Å²) in [6.45, 7) is 1.93. The number of aromatic amines is 1. The lowest BCUT2D eigenvalue weighted by Gasteiger charge is -2.04. The average Bonchev–Trinajstić information content (AvgIpc) is 3.30. The zero-order chi connectivity index (χ0) is 16.8. The van der Waals surface area contributed by atoms with Crippen LogP contribution in [0.2, 0.25) is 10.0 Å². The number of carbonyl (C=O) groups excluding carboxylic acids is 1. The standard InChI is InChI=1S/C17H14Cl2N4O/c1-8-7-20-16(23-17(24)9-5-6-9)14-13(8)21-15(22-14)12-10(18)3-2-4-11(12)19/h2-4,7,9H,5-6H2,1H3,(H,21,22)(H,20,23,24). The van der Waals surface area contributed by atoms with Gasteiger partial charge in [0.25, 0.3) is 0 Å². The van der Waals surface area contributed by atoms with Gasteiger partial charge < -0.3 is 10.3 Å². The number of pyridine rings is 1. The molecule has 2 N–H and O–H groups in total. The maximum Gasteiger partial charge on any atom is 0.228 e. The molecule has 5 nitrogen and oxygen atoms in total. The van der Waals surface area contributed by atoms with Crippen molar-refractivity contribution in [1.82, 2.24) is 15.0 Å². The molecule has 7 heteroatoms. The molecule has 2 heterocycles. The first kappa shape index (κ1) is 15.4. The Morgan fingerprint density at radius 3 is 2.67 bits per heavy atom. The fraction of sp³-hybridized carbons (Fsp3) is 0.235. The summed E-state index contributed by atoms with van der Waals surface area (Å²) in [5.74, 6) is 1.10. The number of nitrogens with one attached hydrogen (secondary N) is 2. The Hall–Kier alpha value is -2.11. The Bertz CT molecular complexity index is 942. The first-order valence-electron chi connectivity index (χ1n) is 7.65. The highest BCUT2D eigenvalue weighted by Gasteiger charge is 2.30. The molecule has 1 amide bonds. The van der Waals surface area contributed by atoms with Crippen molar-refractivity contribution in [3.8, 4) is 11.4 Å². The van der Waals surface area contributed by atoms with Crippen molar-refractivity contribution in [2.75, 3.05) is 5.32 Å². The Morgan fingerprint density at radius 1 is 1.29 bits per heavy atom. The second kappa shape index (κ2) is 5.76. The molecule has 0 aliphatic heterocycles. The van der Waals surface area contributed by atoms with Crippen LogP contribution in [-0.2, 0) is 4.79 Å². The summed E-state index contributed by atoms with van der Waals surface area (Å²) in [6.07, 6.45) is 3.57. The number of anilines is 1. The largest absolute Gasteiger partial charge is 0.337 e. The van der Waals surface area contributed by atoms with Gasteiger partial charge in [-0.2, -0.15) is 0 Å². The SMILES string of the molecule is Cc1cnc(NC(=O)C2CC2)c2nc(-c3c(Cl)cccc3Cl)[nH]c12. The van der Waals surface area contributed by atoms with Gasteiger partial charge in [0.05, 0.1) is 21.1 Å². The van der Waals surface area contributed by atoms with Crippen LogP contribution in [-0.4, -0.2) is 20.9 Å². The van der Waals surface area contributed by atoms with E-state index in [-0.39, 0.29) is 11.8 Å². The molecule has 122 valence electrons. The molecule has 0 radical (unpaired) electrons. The molecule has 0 saturated heterocycles. The van der Waals surface area contributed by atoms with Gasteiger partial charge in [0, 0.05) is 12.1 Å². The van der Waals surface area contributed by atoms with Crippen LogP contribution in [0.1, 0.15) is 18.4 Å². The summed E-state index contributed by atoms with van der Waals surface area (Å²) in [7, 11) is 0. The van der Waals surface area contributed by atoms with Crippen LogP contribution in [0.25, 0.3) is 22.4 Å². The van der Waals surface area contributed by atoms with Gasteiger partial charge in [0.15, 0.2) is 5.82 Å². The number of hydrogen-bond donors (Lipinski definition) is 2. The van der Waals surface area contributed by atoms with Crippen molar-refractivity contribution in [1.29, 1.82) is 0 Å². The van der Waals surface area contributed by atoms with Gasteiger partial charge in [0.2, 0.25) is 5.91 Å². The number of aromatic nitrogens is 3. The van der Waals surface area contributed by atoms with Gasteiger partial charge in [-0.05, 0) is 37.5 Å². The zero-order valence-electron chi connectivity index (χ0n) is 12.9. The lowest BCUT2D eigenvalue weighted by Crippen LogP contribution is -2.14. The van der Waals surface area contributed by atoms with Crippen LogP contribution >= 0.6 is 23.2 Å². The van der Waals surface area contributed by atoms with Crippen molar-refractivity contribution >= 4 is 46.0 Å². The van der Waals surface area contributed by atoms with Crippen molar-refractivity contribution in [2.24, 2.45) is 5.92 Å². The molecule has 0 unspecified atom stereocenters. The van der Waals surface area contributed by atoms with Crippen molar-refractivity contribution in [3.63, 3.8) is 0 Å². The van der Waals surface area contributed by atoms with E-state index in [1.54, 1.807) is 24.4 Å². The zero-order valence-corrected chi connectivity index (χ0v) is 14.4. The third-order valence-electron chi connectivity index (χ3n) is 4.10. The fourth-order valence-corrected chi connectivity index (χ4v) is 3.19. The predicted octanol–water partition coefficient (Wildman–Crippen LogP) is 4.59. The summed E-state index contributed by atoms with van der Waals surface area (Å²) < 4.78 is 0. The first-order valence-corrected chi connectivity index (χ1v) is 8.40. The van der Waals surface area contributed by atoms with Gasteiger partial charge >= 0.3 is 0 Å². The third-order valence-corrected chi connectivity index (χ3v) is 4.73. The molecule has 0 bridgehead atoms. The highest BCUT2D eigenvalue weighted by Crippen LogP contribution is 2.36. The van der Waals surface area contributed by atoms with Crippen molar-refractivity contribution < 1.29 is 4.79 Å². The van der Waals surface area contributed by atoms with Gasteiger partial charge in [-0.25, -0.2) is 9.97 Å². The highest BCUT2D eigenvalue weighted by atomic mass is 35.5. The van der Waals surface area contributed by atoms with Crippen LogP contribution in [0.15, 0.2) is 24.4 Å². The number of nitrogens with zero attached hydrogens (tertiary/aromatic N) is 2. The molecule has 1 fully saturated rings. The smallest absolute Gasteiger partial charge is 0.228 e. The normalized spacial score (nSPS) is 14.1. The molecular weight excluding hydrogens is 347 g/mol.